The first-order chi connectivity index (χ1) is 25.8. The molecule has 0 radical (unpaired) electrons. The lowest BCUT2D eigenvalue weighted by Crippen LogP contribution is -2.04. The van der Waals surface area contributed by atoms with E-state index >= 15 is 0 Å². The van der Waals surface area contributed by atoms with E-state index in [2.05, 4.69) is 191 Å². The predicted molar refractivity (Wildman–Crippen MR) is 215 cm³/mol. The van der Waals surface area contributed by atoms with Gasteiger partial charge in [-0.05, 0) is 94.5 Å². The Morgan fingerprint density at radius 3 is 1.69 bits per heavy atom. The Kier molecular flexibility index (Phi) is 6.31. The van der Waals surface area contributed by atoms with Crippen molar-refractivity contribution in [3.05, 3.63) is 193 Å². The summed E-state index contributed by atoms with van der Waals surface area (Å²) in [7, 11) is 0. The number of hydrogen-bond donors (Lipinski definition) is 0. The van der Waals surface area contributed by atoms with Crippen molar-refractivity contribution in [2.24, 2.45) is 0 Å². The minimum Gasteiger partial charge on any atom is -0.456 e. The van der Waals surface area contributed by atoms with Crippen LogP contribution in [0.3, 0.4) is 0 Å². The van der Waals surface area contributed by atoms with Gasteiger partial charge in [0.15, 0.2) is 0 Å². The first kappa shape index (κ1) is 28.9. The summed E-state index contributed by atoms with van der Waals surface area (Å²) in [6.07, 6.45) is 0.814. The van der Waals surface area contributed by atoms with Crippen LogP contribution in [0.15, 0.2) is 182 Å². The third-order valence-corrected chi connectivity index (χ3v) is 10.8. The number of benzene rings is 8. The number of nitrogens with zero attached hydrogens (tertiary/aromatic N) is 2. The quantitative estimate of drug-likeness (QED) is 0.183. The van der Waals surface area contributed by atoms with Crippen LogP contribution in [0.25, 0.3) is 77.2 Å². The molecule has 10 aromatic rings. The molecule has 244 valence electrons. The maximum atomic E-state index is 6.80. The van der Waals surface area contributed by atoms with Crippen LogP contribution in [0.5, 0.6) is 11.5 Å². The Morgan fingerprint density at radius 2 is 0.942 bits per heavy atom. The van der Waals surface area contributed by atoms with Gasteiger partial charge in [-0.15, -0.1) is 0 Å². The largest absolute Gasteiger partial charge is 0.456 e. The fourth-order valence-corrected chi connectivity index (χ4v) is 8.40. The monoisotopic (exact) mass is 664 g/mol. The zero-order valence-electron chi connectivity index (χ0n) is 28.3. The molecular formula is C49H32N2O. The average Bonchev–Trinajstić information content (AvgIpc) is 3.73. The molecule has 8 aromatic carbocycles. The Bertz CT molecular complexity index is 2970. The second-order valence-corrected chi connectivity index (χ2v) is 13.7. The summed E-state index contributed by atoms with van der Waals surface area (Å²) in [5, 5.41) is 5.04. The van der Waals surface area contributed by atoms with E-state index in [1.54, 1.807) is 0 Å². The van der Waals surface area contributed by atoms with Crippen LogP contribution >= 0.6 is 0 Å². The van der Waals surface area contributed by atoms with Crippen LogP contribution in [0, 0.1) is 0 Å². The average molecular weight is 665 g/mol. The molecule has 1 aliphatic heterocycles. The summed E-state index contributed by atoms with van der Waals surface area (Å²) in [5.74, 6) is 1.86. The third-order valence-electron chi connectivity index (χ3n) is 10.8. The molecule has 0 N–H and O–H groups in total. The second-order valence-electron chi connectivity index (χ2n) is 13.7. The smallest absolute Gasteiger partial charge is 0.138 e. The van der Waals surface area contributed by atoms with Crippen LogP contribution < -0.4 is 4.74 Å². The SMILES string of the molecule is c1ccc(-n2c3ccccc3c3cc(-c4ccc5c(c4)Cc4cccc(-c6cccc(-n7c8ccccc8c8ccccc87)c6)c4O5)ccc32)cc1. The van der Waals surface area contributed by atoms with Gasteiger partial charge in [0.05, 0.1) is 22.1 Å². The van der Waals surface area contributed by atoms with Crippen molar-refractivity contribution >= 4 is 43.6 Å². The summed E-state index contributed by atoms with van der Waals surface area (Å²) in [5.41, 5.74) is 14.2. The minimum atomic E-state index is 0.814. The molecule has 3 nitrogen and oxygen atoms in total. The normalized spacial score (nSPS) is 12.3. The van der Waals surface area contributed by atoms with E-state index in [1.807, 2.05) is 0 Å². The minimum absolute atomic E-state index is 0.814. The summed E-state index contributed by atoms with van der Waals surface area (Å²) in [6.45, 7) is 0. The van der Waals surface area contributed by atoms with Gasteiger partial charge in [-0.1, -0.05) is 115 Å². The van der Waals surface area contributed by atoms with Crippen LogP contribution in [0.1, 0.15) is 11.1 Å². The molecular weight excluding hydrogens is 633 g/mol. The van der Waals surface area contributed by atoms with Crippen molar-refractivity contribution in [2.45, 2.75) is 6.42 Å². The first-order valence-corrected chi connectivity index (χ1v) is 17.9. The van der Waals surface area contributed by atoms with Gasteiger partial charge in [0.25, 0.3) is 0 Å². The number of ether oxygens (including phenoxy) is 1. The van der Waals surface area contributed by atoms with Gasteiger partial charge < -0.3 is 13.9 Å². The number of fused-ring (bicyclic) bond motifs is 8. The lowest BCUT2D eigenvalue weighted by Gasteiger charge is -2.24. The molecule has 2 aromatic heterocycles. The molecule has 0 saturated heterocycles. The highest BCUT2D eigenvalue weighted by atomic mass is 16.5. The molecule has 52 heavy (non-hydrogen) atoms. The Hall–Kier alpha value is -6.84. The van der Waals surface area contributed by atoms with Crippen molar-refractivity contribution in [3.63, 3.8) is 0 Å². The van der Waals surface area contributed by atoms with Crippen LogP contribution in [-0.2, 0) is 6.42 Å². The highest BCUT2D eigenvalue weighted by Crippen LogP contribution is 2.45. The topological polar surface area (TPSA) is 19.1 Å². The molecule has 1 aliphatic rings. The van der Waals surface area contributed by atoms with E-state index in [4.69, 9.17) is 4.74 Å². The van der Waals surface area contributed by atoms with Gasteiger partial charge in [-0.25, -0.2) is 0 Å². The lowest BCUT2D eigenvalue weighted by molar-refractivity contribution is 0.462. The highest BCUT2D eigenvalue weighted by Gasteiger charge is 2.22. The van der Waals surface area contributed by atoms with E-state index in [0.717, 1.165) is 34.7 Å². The molecule has 3 heterocycles. The van der Waals surface area contributed by atoms with Gasteiger partial charge in [-0.2, -0.15) is 0 Å². The summed E-state index contributed by atoms with van der Waals surface area (Å²) < 4.78 is 11.5. The van der Waals surface area contributed by atoms with Gasteiger partial charge in [0, 0.05) is 44.9 Å². The molecule has 0 amide bonds. The molecule has 0 unspecified atom stereocenters. The van der Waals surface area contributed by atoms with E-state index < -0.39 is 0 Å². The van der Waals surface area contributed by atoms with E-state index in [0.29, 0.717) is 0 Å². The van der Waals surface area contributed by atoms with Crippen molar-refractivity contribution in [3.8, 4) is 45.1 Å². The summed E-state index contributed by atoms with van der Waals surface area (Å²) in [6, 6.07) is 65.6. The van der Waals surface area contributed by atoms with Gasteiger partial charge in [0.1, 0.15) is 11.5 Å². The predicted octanol–water partition coefficient (Wildman–Crippen LogP) is 12.9. The van der Waals surface area contributed by atoms with E-state index in [1.165, 1.54) is 71.6 Å². The third kappa shape index (κ3) is 4.39. The van der Waals surface area contributed by atoms with Crippen molar-refractivity contribution in [2.75, 3.05) is 0 Å². The molecule has 0 spiro atoms. The van der Waals surface area contributed by atoms with E-state index in [-0.39, 0.29) is 0 Å². The van der Waals surface area contributed by atoms with Crippen molar-refractivity contribution < 1.29 is 4.74 Å². The molecule has 3 heteroatoms. The second kappa shape index (κ2) is 11.3. The zero-order valence-corrected chi connectivity index (χ0v) is 28.3. The number of aromatic nitrogens is 2. The molecule has 0 saturated carbocycles. The van der Waals surface area contributed by atoms with Gasteiger partial charge >= 0.3 is 0 Å². The van der Waals surface area contributed by atoms with Crippen molar-refractivity contribution in [1.82, 2.24) is 9.13 Å². The maximum Gasteiger partial charge on any atom is 0.138 e. The maximum absolute atomic E-state index is 6.80. The van der Waals surface area contributed by atoms with Crippen LogP contribution in [-0.4, -0.2) is 9.13 Å². The van der Waals surface area contributed by atoms with Gasteiger partial charge in [-0.3, -0.25) is 0 Å². The van der Waals surface area contributed by atoms with Crippen molar-refractivity contribution in [1.29, 1.82) is 0 Å². The van der Waals surface area contributed by atoms with E-state index in [9.17, 15) is 0 Å². The number of hydrogen-bond acceptors (Lipinski definition) is 1. The number of rotatable bonds is 4. The molecule has 0 bridgehead atoms. The molecule has 0 fully saturated rings. The fourth-order valence-electron chi connectivity index (χ4n) is 8.40. The first-order valence-electron chi connectivity index (χ1n) is 17.9. The van der Waals surface area contributed by atoms with Crippen LogP contribution in [0.2, 0.25) is 0 Å². The molecule has 11 rings (SSSR count). The summed E-state index contributed by atoms with van der Waals surface area (Å²) in [4.78, 5) is 0. The zero-order chi connectivity index (χ0) is 34.2. The molecule has 0 aliphatic carbocycles. The summed E-state index contributed by atoms with van der Waals surface area (Å²) >= 11 is 0. The molecule has 0 atom stereocenters. The standard InChI is InChI=1S/C49H32N2O/c1-2-14-37(15-3-1)50-46-23-9-6-19-42(46)43-31-33(24-26-47(43)50)32-25-27-48-36(28-32)29-35-13-11-20-39(49(35)52-48)34-12-10-16-38(30-34)51-44-21-7-4-17-40(44)41-18-5-8-22-45(41)51/h1-28,30-31H,29H2. The highest BCUT2D eigenvalue weighted by molar-refractivity contribution is 6.11. The van der Waals surface area contributed by atoms with Gasteiger partial charge in [0.2, 0.25) is 0 Å². The Balaban J connectivity index is 0.965. The Labute approximate surface area is 301 Å². The Morgan fingerprint density at radius 1 is 0.365 bits per heavy atom. The van der Waals surface area contributed by atoms with Crippen LogP contribution in [0.4, 0.5) is 0 Å². The number of para-hydroxylation sites is 5. The fraction of sp³-hybridized carbons (Fsp3) is 0.0204. The lowest BCUT2D eigenvalue weighted by atomic mass is 9.92.